The number of aliphatic hydroxyl groups excluding tert-OH is 1. The van der Waals surface area contributed by atoms with E-state index in [4.69, 9.17) is 5.11 Å². The van der Waals surface area contributed by atoms with Gasteiger partial charge in [-0.15, -0.1) is 0 Å². The van der Waals surface area contributed by atoms with Gasteiger partial charge in [-0.3, -0.25) is 0 Å². The molecule has 1 unspecified atom stereocenters. The van der Waals surface area contributed by atoms with Gasteiger partial charge in [0.15, 0.2) is 0 Å². The van der Waals surface area contributed by atoms with Crippen molar-refractivity contribution in [3.05, 3.63) is 35.9 Å². The Morgan fingerprint density at radius 1 is 1.33 bits per heavy atom. The molecule has 0 bridgehead atoms. The SMILES string of the molecule is O=C([O-])C(O)c1ccccc1.[Cu+]. The molecule has 0 radical (unpaired) electrons. The number of hydrogen-bond donors (Lipinski definition) is 1. The van der Waals surface area contributed by atoms with E-state index in [0.29, 0.717) is 5.56 Å². The molecule has 0 fully saturated rings. The third-order valence-corrected chi connectivity index (χ3v) is 1.34. The maximum Gasteiger partial charge on any atom is 1.00 e. The maximum absolute atomic E-state index is 10.1. The average Bonchev–Trinajstić information content (AvgIpc) is 2.05. The minimum Gasteiger partial charge on any atom is -0.547 e. The number of aliphatic carboxylic acids is 1. The van der Waals surface area contributed by atoms with Gasteiger partial charge in [0.05, 0.1) is 5.97 Å². The molecular weight excluding hydrogens is 208 g/mol. The van der Waals surface area contributed by atoms with E-state index < -0.39 is 12.1 Å². The first-order valence-corrected chi connectivity index (χ1v) is 3.15. The molecule has 1 atom stereocenters. The van der Waals surface area contributed by atoms with Crippen molar-refractivity contribution in [1.29, 1.82) is 0 Å². The molecule has 3 nitrogen and oxygen atoms in total. The van der Waals surface area contributed by atoms with Gasteiger partial charge in [0, 0.05) is 0 Å². The minimum atomic E-state index is -1.52. The van der Waals surface area contributed by atoms with E-state index >= 15 is 0 Å². The monoisotopic (exact) mass is 214 g/mol. The van der Waals surface area contributed by atoms with Gasteiger partial charge in [0.1, 0.15) is 6.10 Å². The summed E-state index contributed by atoms with van der Waals surface area (Å²) >= 11 is 0. The van der Waals surface area contributed by atoms with Crippen LogP contribution in [0, 0.1) is 0 Å². The first kappa shape index (κ1) is 11.2. The van der Waals surface area contributed by atoms with Crippen LogP contribution in [0.5, 0.6) is 0 Å². The molecule has 0 spiro atoms. The van der Waals surface area contributed by atoms with Gasteiger partial charge in [-0.05, 0) is 5.56 Å². The van der Waals surface area contributed by atoms with Crippen molar-refractivity contribution in [2.45, 2.75) is 6.10 Å². The summed E-state index contributed by atoms with van der Waals surface area (Å²) in [5.41, 5.74) is 0.340. The van der Waals surface area contributed by atoms with Crippen LogP contribution in [0.3, 0.4) is 0 Å². The van der Waals surface area contributed by atoms with Crippen molar-refractivity contribution in [2.24, 2.45) is 0 Å². The van der Waals surface area contributed by atoms with Crippen LogP contribution in [-0.4, -0.2) is 11.1 Å². The summed E-state index contributed by atoms with van der Waals surface area (Å²) in [5, 5.41) is 19.1. The van der Waals surface area contributed by atoms with Crippen LogP contribution < -0.4 is 5.11 Å². The Bertz CT molecular complexity index is 248. The number of carbonyl (C=O) groups is 1. The fourth-order valence-electron chi connectivity index (χ4n) is 0.771. The molecule has 0 saturated heterocycles. The molecule has 0 aliphatic heterocycles. The molecule has 1 aromatic carbocycles. The van der Waals surface area contributed by atoms with E-state index in [1.165, 1.54) is 12.1 Å². The number of hydrogen-bond acceptors (Lipinski definition) is 3. The first-order valence-electron chi connectivity index (χ1n) is 3.15. The zero-order valence-corrected chi connectivity index (χ0v) is 6.97. The molecule has 0 aromatic heterocycles. The predicted octanol–water partition coefficient (Wildman–Crippen LogP) is -0.533. The third-order valence-electron chi connectivity index (χ3n) is 1.34. The normalized spacial score (nSPS) is 11.4. The van der Waals surface area contributed by atoms with Crippen LogP contribution in [0.25, 0.3) is 0 Å². The summed E-state index contributed by atoms with van der Waals surface area (Å²) in [6.45, 7) is 0. The van der Waals surface area contributed by atoms with E-state index in [9.17, 15) is 9.90 Å². The zero-order chi connectivity index (χ0) is 8.27. The Labute approximate surface area is 80.5 Å². The van der Waals surface area contributed by atoms with E-state index in [1.54, 1.807) is 18.2 Å². The Morgan fingerprint density at radius 3 is 2.25 bits per heavy atom. The van der Waals surface area contributed by atoms with Crippen LogP contribution in [0.2, 0.25) is 0 Å². The first-order chi connectivity index (χ1) is 5.22. The molecule has 68 valence electrons. The maximum atomic E-state index is 10.1. The standard InChI is InChI=1S/C8H8O3.Cu/c9-7(8(10)11)6-4-2-1-3-5-6;/h1-5,7,9H,(H,10,11);/q;+1/p-1. The average molecular weight is 215 g/mol. The molecule has 1 aromatic rings. The van der Waals surface area contributed by atoms with E-state index in [-0.39, 0.29) is 17.1 Å². The van der Waals surface area contributed by atoms with Crippen molar-refractivity contribution in [3.8, 4) is 0 Å². The fraction of sp³-hybridized carbons (Fsp3) is 0.125. The van der Waals surface area contributed by atoms with Gasteiger partial charge >= 0.3 is 17.1 Å². The number of rotatable bonds is 2. The van der Waals surface area contributed by atoms with Crippen LogP contribution in [0.1, 0.15) is 11.7 Å². The molecule has 4 heteroatoms. The van der Waals surface area contributed by atoms with Crippen molar-refractivity contribution >= 4 is 5.97 Å². The van der Waals surface area contributed by atoms with Crippen molar-refractivity contribution in [3.63, 3.8) is 0 Å². The zero-order valence-electron chi connectivity index (χ0n) is 6.03. The quantitative estimate of drug-likeness (QED) is 0.674. The summed E-state index contributed by atoms with van der Waals surface area (Å²) in [4.78, 5) is 10.1. The summed E-state index contributed by atoms with van der Waals surface area (Å²) in [6, 6.07) is 8.11. The summed E-state index contributed by atoms with van der Waals surface area (Å²) in [6.07, 6.45) is -1.52. The number of carboxylic acid groups (broad SMARTS) is 1. The second-order valence-corrected chi connectivity index (χ2v) is 2.13. The topological polar surface area (TPSA) is 60.4 Å². The summed E-state index contributed by atoms with van der Waals surface area (Å²) in [5.74, 6) is -1.48. The van der Waals surface area contributed by atoms with Crippen LogP contribution in [0.15, 0.2) is 30.3 Å². The number of carbonyl (C=O) groups excluding carboxylic acids is 1. The molecule has 0 amide bonds. The second kappa shape index (κ2) is 4.93. The molecule has 0 saturated carbocycles. The van der Waals surface area contributed by atoms with Gasteiger partial charge in [0.25, 0.3) is 0 Å². The Morgan fingerprint density at radius 2 is 1.83 bits per heavy atom. The van der Waals surface area contributed by atoms with E-state index in [1.807, 2.05) is 0 Å². The van der Waals surface area contributed by atoms with Crippen LogP contribution in [-0.2, 0) is 21.9 Å². The Hall–Kier alpha value is -0.831. The van der Waals surface area contributed by atoms with Crippen LogP contribution in [0.4, 0.5) is 0 Å². The van der Waals surface area contributed by atoms with E-state index in [0.717, 1.165) is 0 Å². The summed E-state index contributed by atoms with van der Waals surface area (Å²) < 4.78 is 0. The molecule has 1 N–H and O–H groups in total. The van der Waals surface area contributed by atoms with Gasteiger partial charge in [-0.25, -0.2) is 0 Å². The largest absolute Gasteiger partial charge is 1.00 e. The minimum absolute atomic E-state index is 0. The van der Waals surface area contributed by atoms with Crippen molar-refractivity contribution < 1.29 is 32.1 Å². The second-order valence-electron chi connectivity index (χ2n) is 2.13. The van der Waals surface area contributed by atoms with E-state index in [2.05, 4.69) is 0 Å². The van der Waals surface area contributed by atoms with Crippen molar-refractivity contribution in [1.82, 2.24) is 0 Å². The number of benzene rings is 1. The van der Waals surface area contributed by atoms with Crippen molar-refractivity contribution in [2.75, 3.05) is 0 Å². The Balaban J connectivity index is 0.00000121. The molecular formula is C8H7CuO3. The van der Waals surface area contributed by atoms with Gasteiger partial charge in [0.2, 0.25) is 0 Å². The number of carboxylic acids is 1. The van der Waals surface area contributed by atoms with Gasteiger partial charge in [-0.2, -0.15) is 0 Å². The molecule has 1 rings (SSSR count). The Kier molecular flexibility index (Phi) is 4.59. The van der Waals surface area contributed by atoms with Gasteiger partial charge < -0.3 is 15.0 Å². The molecule has 0 aliphatic rings. The number of aliphatic hydroxyl groups is 1. The van der Waals surface area contributed by atoms with Gasteiger partial charge in [-0.1, -0.05) is 30.3 Å². The molecule has 0 aliphatic carbocycles. The summed E-state index contributed by atoms with van der Waals surface area (Å²) in [7, 11) is 0. The predicted molar refractivity (Wildman–Crippen MR) is 36.4 cm³/mol. The molecule has 0 heterocycles. The fourth-order valence-corrected chi connectivity index (χ4v) is 0.771. The third kappa shape index (κ3) is 2.66. The van der Waals surface area contributed by atoms with Crippen LogP contribution >= 0.6 is 0 Å². The smallest absolute Gasteiger partial charge is 0.547 e. The molecule has 12 heavy (non-hydrogen) atoms.